The van der Waals surface area contributed by atoms with Crippen molar-refractivity contribution >= 4 is 33.1 Å². The molecule has 0 aliphatic heterocycles. The summed E-state index contributed by atoms with van der Waals surface area (Å²) < 4.78 is 32.1. The number of hydrogen-bond donors (Lipinski definition) is 2. The quantitative estimate of drug-likeness (QED) is 0.882. The number of anilines is 2. The average molecular weight is 328 g/mol. The summed E-state index contributed by atoms with van der Waals surface area (Å²) in [6, 6.07) is 7.94. The van der Waals surface area contributed by atoms with Crippen molar-refractivity contribution in [2.75, 3.05) is 24.2 Å². The summed E-state index contributed by atoms with van der Waals surface area (Å²) in [5.41, 5.74) is 0.392. The highest BCUT2D eigenvalue weighted by Gasteiger charge is 2.17. The van der Waals surface area contributed by atoms with Crippen LogP contribution in [0.5, 0.6) is 5.75 Å². The monoisotopic (exact) mass is 327 g/mol. The van der Waals surface area contributed by atoms with E-state index in [9.17, 15) is 8.42 Å². The maximum atomic E-state index is 12.3. The van der Waals surface area contributed by atoms with Crippen molar-refractivity contribution in [3.63, 3.8) is 0 Å². The van der Waals surface area contributed by atoms with E-state index >= 15 is 0 Å². The molecule has 1 heterocycles. The second kappa shape index (κ2) is 6.19. The standard InChI is InChI=1S/C13H14ClN3O3S/c1-15-13-12(14)7-11(8-16-13)21(18,19)17-9-4-3-5-10(6-9)20-2/h3-8,17H,1-2H3,(H,15,16). The lowest BCUT2D eigenvalue weighted by Gasteiger charge is -2.10. The van der Waals surface area contributed by atoms with Crippen molar-refractivity contribution in [2.24, 2.45) is 0 Å². The van der Waals surface area contributed by atoms with Gasteiger partial charge in [0.25, 0.3) is 10.0 Å². The summed E-state index contributed by atoms with van der Waals surface area (Å²) in [6.45, 7) is 0. The third-order valence-electron chi connectivity index (χ3n) is 2.69. The molecule has 0 fully saturated rings. The highest BCUT2D eigenvalue weighted by atomic mass is 35.5. The molecule has 2 aromatic rings. The van der Waals surface area contributed by atoms with Crippen molar-refractivity contribution in [3.05, 3.63) is 41.6 Å². The van der Waals surface area contributed by atoms with Crippen LogP contribution in [-0.4, -0.2) is 27.6 Å². The highest BCUT2D eigenvalue weighted by molar-refractivity contribution is 7.92. The first kappa shape index (κ1) is 15.4. The molecule has 0 spiro atoms. The molecule has 0 saturated heterocycles. The molecule has 2 N–H and O–H groups in total. The maximum Gasteiger partial charge on any atom is 0.263 e. The molecule has 8 heteroatoms. The van der Waals surface area contributed by atoms with E-state index in [0.29, 0.717) is 17.3 Å². The minimum atomic E-state index is -3.77. The number of methoxy groups -OCH3 is 1. The van der Waals surface area contributed by atoms with Crippen LogP contribution in [0.3, 0.4) is 0 Å². The van der Waals surface area contributed by atoms with Crippen molar-refractivity contribution < 1.29 is 13.2 Å². The first-order valence-corrected chi connectivity index (χ1v) is 7.82. The zero-order chi connectivity index (χ0) is 15.5. The van der Waals surface area contributed by atoms with Crippen LogP contribution in [0.15, 0.2) is 41.4 Å². The van der Waals surface area contributed by atoms with Crippen LogP contribution in [-0.2, 0) is 10.0 Å². The van der Waals surface area contributed by atoms with E-state index < -0.39 is 10.0 Å². The Morgan fingerprint density at radius 1 is 1.29 bits per heavy atom. The molecule has 6 nitrogen and oxygen atoms in total. The van der Waals surface area contributed by atoms with Crippen LogP contribution in [0, 0.1) is 0 Å². The topological polar surface area (TPSA) is 80.3 Å². The highest BCUT2D eigenvalue weighted by Crippen LogP contribution is 2.24. The van der Waals surface area contributed by atoms with Gasteiger partial charge in [-0.1, -0.05) is 17.7 Å². The number of pyridine rings is 1. The van der Waals surface area contributed by atoms with Crippen LogP contribution < -0.4 is 14.8 Å². The minimum Gasteiger partial charge on any atom is -0.497 e. The first-order valence-electron chi connectivity index (χ1n) is 5.96. The smallest absolute Gasteiger partial charge is 0.263 e. The second-order valence-electron chi connectivity index (χ2n) is 4.09. The number of sulfonamides is 1. The van der Waals surface area contributed by atoms with Gasteiger partial charge in [0.2, 0.25) is 0 Å². The maximum absolute atomic E-state index is 12.3. The molecule has 0 unspecified atom stereocenters. The largest absolute Gasteiger partial charge is 0.497 e. The Hall–Kier alpha value is -1.99. The lowest BCUT2D eigenvalue weighted by Crippen LogP contribution is -2.13. The van der Waals surface area contributed by atoms with Gasteiger partial charge in [-0.15, -0.1) is 0 Å². The molecule has 0 bridgehead atoms. The summed E-state index contributed by atoms with van der Waals surface area (Å²) in [5.74, 6) is 0.967. The van der Waals surface area contributed by atoms with Crippen molar-refractivity contribution in [1.29, 1.82) is 0 Å². The molecular formula is C13H14ClN3O3S. The molecule has 2 rings (SSSR count). The molecule has 0 radical (unpaired) electrons. The summed E-state index contributed by atoms with van der Waals surface area (Å²) in [6.07, 6.45) is 1.24. The van der Waals surface area contributed by atoms with Gasteiger partial charge in [0.05, 0.1) is 17.8 Å². The SMILES string of the molecule is CNc1ncc(S(=O)(=O)Nc2cccc(OC)c2)cc1Cl. The Kier molecular flexibility index (Phi) is 4.54. The van der Waals surface area contributed by atoms with Crippen LogP contribution >= 0.6 is 11.6 Å². The van der Waals surface area contributed by atoms with Crippen LogP contribution in [0.25, 0.3) is 0 Å². The Bertz CT molecular complexity index is 750. The van der Waals surface area contributed by atoms with Gasteiger partial charge in [0.15, 0.2) is 0 Å². The predicted molar refractivity (Wildman–Crippen MR) is 82.6 cm³/mol. The molecule has 0 aliphatic carbocycles. The fourth-order valence-electron chi connectivity index (χ4n) is 1.65. The van der Waals surface area contributed by atoms with E-state index in [4.69, 9.17) is 16.3 Å². The van der Waals surface area contributed by atoms with Gasteiger partial charge in [-0.05, 0) is 18.2 Å². The molecular weight excluding hydrogens is 314 g/mol. The lowest BCUT2D eigenvalue weighted by molar-refractivity contribution is 0.415. The molecule has 1 aromatic heterocycles. The summed E-state index contributed by atoms with van der Waals surface area (Å²) in [5, 5.41) is 2.99. The van der Waals surface area contributed by atoms with Gasteiger partial charge in [0, 0.05) is 19.3 Å². The minimum absolute atomic E-state index is 0.0191. The number of hydrogen-bond acceptors (Lipinski definition) is 5. The van der Waals surface area contributed by atoms with E-state index in [2.05, 4.69) is 15.0 Å². The van der Waals surface area contributed by atoms with Crippen molar-refractivity contribution in [2.45, 2.75) is 4.90 Å². The number of nitrogens with one attached hydrogen (secondary N) is 2. The zero-order valence-corrected chi connectivity index (χ0v) is 13.0. The summed E-state index contributed by atoms with van der Waals surface area (Å²) in [4.78, 5) is 3.93. The zero-order valence-electron chi connectivity index (χ0n) is 11.4. The van der Waals surface area contributed by atoms with Gasteiger partial charge < -0.3 is 10.1 Å². The van der Waals surface area contributed by atoms with E-state index in [1.165, 1.54) is 19.4 Å². The number of benzene rings is 1. The van der Waals surface area contributed by atoms with Gasteiger partial charge in [-0.2, -0.15) is 0 Å². The Morgan fingerprint density at radius 2 is 2.05 bits per heavy atom. The van der Waals surface area contributed by atoms with E-state index in [1.54, 1.807) is 31.3 Å². The third-order valence-corrected chi connectivity index (χ3v) is 4.32. The van der Waals surface area contributed by atoms with Gasteiger partial charge in [-0.25, -0.2) is 13.4 Å². The average Bonchev–Trinajstić information content (AvgIpc) is 2.47. The van der Waals surface area contributed by atoms with Gasteiger partial charge in [-0.3, -0.25) is 4.72 Å². The van der Waals surface area contributed by atoms with E-state index in [-0.39, 0.29) is 9.92 Å². The van der Waals surface area contributed by atoms with Crippen LogP contribution in [0.1, 0.15) is 0 Å². The Balaban J connectivity index is 2.31. The number of aromatic nitrogens is 1. The Morgan fingerprint density at radius 3 is 2.67 bits per heavy atom. The van der Waals surface area contributed by atoms with Crippen LogP contribution in [0.4, 0.5) is 11.5 Å². The molecule has 0 amide bonds. The molecule has 0 saturated carbocycles. The van der Waals surface area contributed by atoms with Crippen LogP contribution in [0.2, 0.25) is 5.02 Å². The molecule has 0 aliphatic rings. The van der Waals surface area contributed by atoms with Crippen molar-refractivity contribution in [1.82, 2.24) is 4.98 Å². The third kappa shape index (κ3) is 3.56. The van der Waals surface area contributed by atoms with E-state index in [0.717, 1.165) is 0 Å². The summed E-state index contributed by atoms with van der Waals surface area (Å²) in [7, 11) is -0.609. The molecule has 0 atom stereocenters. The van der Waals surface area contributed by atoms with Crippen molar-refractivity contribution in [3.8, 4) is 5.75 Å². The summed E-state index contributed by atoms with van der Waals surface area (Å²) >= 11 is 5.95. The lowest BCUT2D eigenvalue weighted by atomic mass is 10.3. The van der Waals surface area contributed by atoms with Gasteiger partial charge in [0.1, 0.15) is 16.5 Å². The number of ether oxygens (including phenoxy) is 1. The fourth-order valence-corrected chi connectivity index (χ4v) is 3.00. The number of rotatable bonds is 5. The fraction of sp³-hybridized carbons (Fsp3) is 0.154. The number of nitrogens with zero attached hydrogens (tertiary/aromatic N) is 1. The molecule has 112 valence electrons. The Labute approximate surface area is 128 Å². The van der Waals surface area contributed by atoms with Gasteiger partial charge >= 0.3 is 0 Å². The molecule has 1 aromatic carbocycles. The number of halogens is 1. The normalized spacial score (nSPS) is 11.0. The first-order chi connectivity index (χ1) is 9.96. The second-order valence-corrected chi connectivity index (χ2v) is 6.18. The van der Waals surface area contributed by atoms with E-state index in [1.807, 2.05) is 0 Å². The molecule has 21 heavy (non-hydrogen) atoms. The predicted octanol–water partition coefficient (Wildman–Crippen LogP) is 2.59.